The average Bonchev–Trinajstić information content (AvgIpc) is 2.25. The molecule has 0 aromatic carbocycles. The lowest BCUT2D eigenvalue weighted by Gasteiger charge is -2.22. The molecule has 0 rings (SSSR count). The van der Waals surface area contributed by atoms with Gasteiger partial charge in [-0.05, 0) is 6.92 Å². The van der Waals surface area contributed by atoms with Crippen LogP contribution < -0.4 is 5.73 Å². The molecule has 0 unspecified atom stereocenters. The number of carboxylic acids is 1. The fourth-order valence-electron chi connectivity index (χ4n) is 0.884. The van der Waals surface area contributed by atoms with Crippen LogP contribution in [0.15, 0.2) is 12.7 Å². The summed E-state index contributed by atoms with van der Waals surface area (Å²) in [6, 6.07) is -1.33. The summed E-state index contributed by atoms with van der Waals surface area (Å²) in [4.78, 5) is 33.8. The zero-order chi connectivity index (χ0) is 12.7. The van der Waals surface area contributed by atoms with Crippen LogP contribution >= 0.6 is 0 Å². The van der Waals surface area contributed by atoms with Crippen molar-refractivity contribution in [1.29, 1.82) is 0 Å². The van der Waals surface area contributed by atoms with Gasteiger partial charge in [0.15, 0.2) is 0 Å². The van der Waals surface area contributed by atoms with Gasteiger partial charge in [0.05, 0.1) is 6.54 Å². The molecule has 16 heavy (non-hydrogen) atoms. The first-order chi connectivity index (χ1) is 7.45. The van der Waals surface area contributed by atoms with Crippen LogP contribution in [0.5, 0.6) is 0 Å². The van der Waals surface area contributed by atoms with Gasteiger partial charge in [0.2, 0.25) is 5.91 Å². The van der Waals surface area contributed by atoms with Crippen LogP contribution in [0.4, 0.5) is 4.79 Å². The minimum atomic E-state index is -1.33. The van der Waals surface area contributed by atoms with Crippen molar-refractivity contribution in [3.05, 3.63) is 12.7 Å². The summed E-state index contributed by atoms with van der Waals surface area (Å²) in [6.45, 7) is 3.92. The van der Waals surface area contributed by atoms with Gasteiger partial charge in [-0.3, -0.25) is 4.79 Å². The van der Waals surface area contributed by atoms with E-state index in [0.717, 1.165) is 0 Å². The number of ether oxygens (including phenoxy) is 1. The van der Waals surface area contributed by atoms with E-state index in [9.17, 15) is 14.4 Å². The summed E-state index contributed by atoms with van der Waals surface area (Å²) in [7, 11) is 0. The van der Waals surface area contributed by atoms with E-state index >= 15 is 0 Å². The van der Waals surface area contributed by atoms with E-state index in [1.54, 1.807) is 0 Å². The lowest BCUT2D eigenvalue weighted by molar-refractivity contribution is -0.147. The lowest BCUT2D eigenvalue weighted by atomic mass is 10.3. The Morgan fingerprint density at radius 1 is 1.56 bits per heavy atom. The van der Waals surface area contributed by atoms with Gasteiger partial charge in [-0.2, -0.15) is 0 Å². The third kappa shape index (κ3) is 3.70. The van der Waals surface area contributed by atoms with E-state index < -0.39 is 30.6 Å². The van der Waals surface area contributed by atoms with Crippen molar-refractivity contribution >= 4 is 18.0 Å². The standard InChI is InChI=1S/C9H14N2O5/c1-3-4-16-9(15)11(7(12)5-10)6(2)8(13)14/h3,6H,1,4-5,10H2,2H3,(H,13,14)/t6-/m0/s1. The van der Waals surface area contributed by atoms with Crippen LogP contribution in [0.3, 0.4) is 0 Å². The average molecular weight is 230 g/mol. The molecule has 90 valence electrons. The van der Waals surface area contributed by atoms with Gasteiger partial charge < -0.3 is 15.6 Å². The maximum atomic E-state index is 11.4. The van der Waals surface area contributed by atoms with Crippen LogP contribution in [0, 0.1) is 0 Å². The van der Waals surface area contributed by atoms with Gasteiger partial charge in [-0.25, -0.2) is 14.5 Å². The van der Waals surface area contributed by atoms with E-state index in [2.05, 4.69) is 11.3 Å². The van der Waals surface area contributed by atoms with Gasteiger partial charge in [-0.1, -0.05) is 12.7 Å². The highest BCUT2D eigenvalue weighted by atomic mass is 16.6. The highest BCUT2D eigenvalue weighted by Gasteiger charge is 2.31. The van der Waals surface area contributed by atoms with Gasteiger partial charge >= 0.3 is 12.1 Å². The van der Waals surface area contributed by atoms with Crippen LogP contribution in [-0.4, -0.2) is 47.2 Å². The van der Waals surface area contributed by atoms with Crippen molar-refractivity contribution in [2.75, 3.05) is 13.2 Å². The SMILES string of the molecule is C=CCOC(=O)N(C(=O)CN)[C@@H](C)C(=O)O. The second kappa shape index (κ2) is 6.57. The smallest absolute Gasteiger partial charge is 0.417 e. The molecule has 0 aliphatic heterocycles. The van der Waals surface area contributed by atoms with E-state index in [-0.39, 0.29) is 6.61 Å². The molecule has 0 saturated heterocycles. The van der Waals surface area contributed by atoms with Crippen LogP contribution in [-0.2, 0) is 14.3 Å². The zero-order valence-electron chi connectivity index (χ0n) is 8.88. The Balaban J connectivity index is 4.79. The van der Waals surface area contributed by atoms with Crippen molar-refractivity contribution in [2.24, 2.45) is 5.73 Å². The number of carbonyl (C=O) groups is 3. The van der Waals surface area contributed by atoms with E-state index in [1.165, 1.54) is 13.0 Å². The number of aliphatic carboxylic acids is 1. The number of imide groups is 1. The lowest BCUT2D eigenvalue weighted by Crippen LogP contribution is -2.49. The number of hydrogen-bond donors (Lipinski definition) is 2. The predicted molar refractivity (Wildman–Crippen MR) is 54.5 cm³/mol. The Morgan fingerprint density at radius 3 is 2.50 bits per heavy atom. The van der Waals surface area contributed by atoms with Crippen molar-refractivity contribution in [3.63, 3.8) is 0 Å². The molecule has 2 amide bonds. The van der Waals surface area contributed by atoms with Gasteiger partial charge in [0.25, 0.3) is 0 Å². The van der Waals surface area contributed by atoms with Crippen LogP contribution in [0.1, 0.15) is 6.92 Å². The molecule has 7 nitrogen and oxygen atoms in total. The molecule has 0 aromatic heterocycles. The molecule has 0 heterocycles. The first kappa shape index (κ1) is 14.1. The van der Waals surface area contributed by atoms with Crippen LogP contribution in [0.2, 0.25) is 0 Å². The topological polar surface area (TPSA) is 110 Å². The maximum Gasteiger partial charge on any atom is 0.417 e. The Labute approximate surface area is 92.5 Å². The van der Waals surface area contributed by atoms with Crippen molar-refractivity contribution < 1.29 is 24.2 Å². The number of carboxylic acid groups (broad SMARTS) is 1. The molecule has 0 spiro atoms. The molecule has 0 aromatic rings. The number of rotatable bonds is 5. The van der Waals surface area contributed by atoms with Gasteiger partial charge in [0.1, 0.15) is 12.6 Å². The van der Waals surface area contributed by atoms with E-state index in [4.69, 9.17) is 10.8 Å². The summed E-state index contributed by atoms with van der Waals surface area (Å²) < 4.78 is 4.58. The molecule has 0 bridgehead atoms. The molecule has 1 atom stereocenters. The molecular weight excluding hydrogens is 216 g/mol. The molecule has 3 N–H and O–H groups in total. The highest BCUT2D eigenvalue weighted by Crippen LogP contribution is 2.03. The fraction of sp³-hybridized carbons (Fsp3) is 0.444. The minimum Gasteiger partial charge on any atom is -0.480 e. The second-order valence-electron chi connectivity index (χ2n) is 2.85. The molecule has 0 aliphatic carbocycles. The first-order valence-corrected chi connectivity index (χ1v) is 4.48. The Morgan fingerprint density at radius 2 is 2.12 bits per heavy atom. The number of nitrogens with two attached hydrogens (primary N) is 1. The summed E-state index contributed by atoms with van der Waals surface area (Å²) in [5.74, 6) is -2.14. The molecule has 0 aliphatic rings. The van der Waals surface area contributed by atoms with Gasteiger partial charge in [-0.15, -0.1) is 0 Å². The van der Waals surface area contributed by atoms with E-state index in [1.807, 2.05) is 0 Å². The Kier molecular flexibility index (Phi) is 5.79. The highest BCUT2D eigenvalue weighted by molar-refractivity contribution is 5.97. The Hall–Kier alpha value is -1.89. The maximum absolute atomic E-state index is 11.4. The molecular formula is C9H14N2O5. The van der Waals surface area contributed by atoms with E-state index in [0.29, 0.717) is 4.90 Å². The Bertz CT molecular complexity index is 302. The van der Waals surface area contributed by atoms with Crippen LogP contribution in [0.25, 0.3) is 0 Å². The number of nitrogens with zero attached hydrogens (tertiary/aromatic N) is 1. The summed E-state index contributed by atoms with van der Waals surface area (Å²) in [5, 5.41) is 8.71. The number of hydrogen-bond acceptors (Lipinski definition) is 5. The molecule has 0 radical (unpaired) electrons. The summed E-state index contributed by atoms with van der Waals surface area (Å²) >= 11 is 0. The molecule has 0 fully saturated rings. The fourth-order valence-corrected chi connectivity index (χ4v) is 0.884. The molecule has 7 heteroatoms. The normalized spacial score (nSPS) is 11.4. The molecule has 0 saturated carbocycles. The van der Waals surface area contributed by atoms with Crippen molar-refractivity contribution in [1.82, 2.24) is 4.90 Å². The minimum absolute atomic E-state index is 0.112. The largest absolute Gasteiger partial charge is 0.480 e. The number of carbonyl (C=O) groups excluding carboxylic acids is 2. The monoisotopic (exact) mass is 230 g/mol. The summed E-state index contributed by atoms with van der Waals surface area (Å²) in [6.07, 6.45) is 0.249. The second-order valence-corrected chi connectivity index (χ2v) is 2.85. The third-order valence-corrected chi connectivity index (χ3v) is 1.71. The number of amides is 2. The van der Waals surface area contributed by atoms with Crippen molar-refractivity contribution in [2.45, 2.75) is 13.0 Å². The summed E-state index contributed by atoms with van der Waals surface area (Å²) in [5.41, 5.74) is 5.07. The van der Waals surface area contributed by atoms with Crippen molar-refractivity contribution in [3.8, 4) is 0 Å². The first-order valence-electron chi connectivity index (χ1n) is 4.48. The quantitative estimate of drug-likeness (QED) is 0.620. The zero-order valence-corrected chi connectivity index (χ0v) is 8.88. The predicted octanol–water partition coefficient (Wildman–Crippen LogP) is -0.431. The third-order valence-electron chi connectivity index (χ3n) is 1.71. The van der Waals surface area contributed by atoms with Gasteiger partial charge in [0, 0.05) is 0 Å².